The number of hydrogen-bond donors (Lipinski definition) is 0. The molecule has 0 radical (unpaired) electrons. The van der Waals surface area contributed by atoms with Crippen LogP contribution in [0.2, 0.25) is 0 Å². The molecule has 3 heterocycles. The maximum Gasteiger partial charge on any atom is 0.173 e. The highest BCUT2D eigenvalue weighted by Crippen LogP contribution is 2.35. The Hall–Kier alpha value is -2.23. The molecule has 0 saturated carbocycles. The SMILES string of the molecule is CCN1CCN([C@@H](c2ccc(OC)c(OC)c2)c2nnnn2C[C@@H]2CCCO2)CC1. The average Bonchev–Trinajstić information content (AvgIpc) is 3.47. The molecule has 0 spiro atoms. The summed E-state index contributed by atoms with van der Waals surface area (Å²) in [6.07, 6.45) is 2.32. The van der Waals surface area contributed by atoms with Gasteiger partial charge >= 0.3 is 0 Å². The Bertz CT molecular complexity index is 815. The number of methoxy groups -OCH3 is 2. The zero-order chi connectivity index (χ0) is 20.9. The zero-order valence-corrected chi connectivity index (χ0v) is 18.2. The lowest BCUT2D eigenvalue weighted by atomic mass is 10.0. The Morgan fingerprint density at radius 2 is 1.93 bits per heavy atom. The Morgan fingerprint density at radius 3 is 2.60 bits per heavy atom. The van der Waals surface area contributed by atoms with E-state index >= 15 is 0 Å². The van der Waals surface area contributed by atoms with Crippen LogP contribution < -0.4 is 9.47 Å². The summed E-state index contributed by atoms with van der Waals surface area (Å²) in [5.74, 6) is 2.28. The standard InChI is InChI=1S/C21H32N6O3/c1-4-25-9-11-26(12-10-25)20(16-7-8-18(28-2)19(14-16)29-3)21-22-23-24-27(21)15-17-6-5-13-30-17/h7-8,14,17,20H,4-6,9-13,15H2,1-3H3/t17-,20-/m0/s1. The van der Waals surface area contributed by atoms with E-state index in [4.69, 9.17) is 14.2 Å². The van der Waals surface area contributed by atoms with Gasteiger partial charge in [0.1, 0.15) is 0 Å². The van der Waals surface area contributed by atoms with Crippen molar-refractivity contribution in [2.45, 2.75) is 38.5 Å². The van der Waals surface area contributed by atoms with Gasteiger partial charge in [0.15, 0.2) is 17.3 Å². The summed E-state index contributed by atoms with van der Waals surface area (Å²) in [5.41, 5.74) is 1.10. The van der Waals surface area contributed by atoms with E-state index in [2.05, 4.69) is 38.3 Å². The molecule has 2 aliphatic heterocycles. The average molecular weight is 417 g/mol. The molecule has 0 N–H and O–H groups in total. The van der Waals surface area contributed by atoms with E-state index in [0.717, 1.165) is 69.3 Å². The molecule has 9 nitrogen and oxygen atoms in total. The molecular formula is C21H32N6O3. The van der Waals surface area contributed by atoms with Crippen LogP contribution in [0, 0.1) is 0 Å². The van der Waals surface area contributed by atoms with Gasteiger partial charge in [0.05, 0.1) is 32.9 Å². The highest BCUT2D eigenvalue weighted by Gasteiger charge is 2.32. The minimum Gasteiger partial charge on any atom is -0.493 e. The predicted molar refractivity (Wildman–Crippen MR) is 112 cm³/mol. The van der Waals surface area contributed by atoms with Crippen LogP contribution >= 0.6 is 0 Å². The third-order valence-electron chi connectivity index (χ3n) is 6.15. The molecule has 2 atom stereocenters. The molecule has 2 aromatic rings. The Balaban J connectivity index is 1.67. The number of piperazine rings is 1. The number of tetrazole rings is 1. The molecule has 0 aliphatic carbocycles. The number of nitrogens with zero attached hydrogens (tertiary/aromatic N) is 6. The molecule has 4 rings (SSSR count). The number of rotatable bonds is 8. The molecule has 164 valence electrons. The van der Waals surface area contributed by atoms with Crippen molar-refractivity contribution < 1.29 is 14.2 Å². The molecule has 0 amide bonds. The summed E-state index contributed by atoms with van der Waals surface area (Å²) in [6, 6.07) is 6.03. The third-order valence-corrected chi connectivity index (χ3v) is 6.15. The zero-order valence-electron chi connectivity index (χ0n) is 18.2. The van der Waals surface area contributed by atoms with Gasteiger partial charge in [-0.15, -0.1) is 5.10 Å². The van der Waals surface area contributed by atoms with Gasteiger partial charge < -0.3 is 19.1 Å². The minimum atomic E-state index is -0.0554. The highest BCUT2D eigenvalue weighted by molar-refractivity contribution is 5.45. The van der Waals surface area contributed by atoms with Crippen molar-refractivity contribution in [2.24, 2.45) is 0 Å². The Labute approximate surface area is 177 Å². The van der Waals surface area contributed by atoms with Crippen LogP contribution in [0.4, 0.5) is 0 Å². The topological polar surface area (TPSA) is 77.8 Å². The number of benzene rings is 1. The van der Waals surface area contributed by atoms with Gasteiger partial charge in [0.25, 0.3) is 0 Å². The minimum absolute atomic E-state index is 0.0554. The lowest BCUT2D eigenvalue weighted by molar-refractivity contribution is 0.0861. The lowest BCUT2D eigenvalue weighted by Crippen LogP contribution is -2.48. The van der Waals surface area contributed by atoms with Crippen molar-refractivity contribution in [1.29, 1.82) is 0 Å². The van der Waals surface area contributed by atoms with Crippen LogP contribution in [0.3, 0.4) is 0 Å². The fourth-order valence-corrected chi connectivity index (χ4v) is 4.40. The predicted octanol–water partition coefficient (Wildman–Crippen LogP) is 1.60. The first kappa shape index (κ1) is 21.0. The Morgan fingerprint density at radius 1 is 1.13 bits per heavy atom. The molecule has 1 aromatic heterocycles. The molecule has 1 aromatic carbocycles. The first-order valence-corrected chi connectivity index (χ1v) is 10.8. The molecular weight excluding hydrogens is 384 g/mol. The van der Waals surface area contributed by atoms with Crippen LogP contribution in [-0.4, -0.2) is 89.7 Å². The monoisotopic (exact) mass is 416 g/mol. The van der Waals surface area contributed by atoms with E-state index in [-0.39, 0.29) is 12.1 Å². The van der Waals surface area contributed by atoms with E-state index in [9.17, 15) is 0 Å². The molecule has 30 heavy (non-hydrogen) atoms. The quantitative estimate of drug-likeness (QED) is 0.642. The van der Waals surface area contributed by atoms with E-state index in [1.165, 1.54) is 0 Å². The van der Waals surface area contributed by atoms with Crippen molar-refractivity contribution in [3.63, 3.8) is 0 Å². The van der Waals surface area contributed by atoms with Crippen molar-refractivity contribution in [2.75, 3.05) is 53.6 Å². The van der Waals surface area contributed by atoms with Gasteiger partial charge in [0, 0.05) is 32.8 Å². The fraction of sp³-hybridized carbons (Fsp3) is 0.667. The summed E-state index contributed by atoms with van der Waals surface area (Å²) >= 11 is 0. The summed E-state index contributed by atoms with van der Waals surface area (Å²) in [5, 5.41) is 12.8. The normalized spacial score (nSPS) is 21.6. The van der Waals surface area contributed by atoms with Crippen molar-refractivity contribution in [3.8, 4) is 11.5 Å². The number of aromatic nitrogens is 4. The first-order chi connectivity index (χ1) is 14.7. The van der Waals surface area contributed by atoms with E-state index in [1.807, 2.05) is 16.8 Å². The molecule has 2 saturated heterocycles. The lowest BCUT2D eigenvalue weighted by Gasteiger charge is -2.38. The van der Waals surface area contributed by atoms with E-state index < -0.39 is 0 Å². The van der Waals surface area contributed by atoms with Gasteiger partial charge in [0.2, 0.25) is 0 Å². The summed E-state index contributed by atoms with van der Waals surface area (Å²) < 4.78 is 18.8. The highest BCUT2D eigenvalue weighted by atomic mass is 16.5. The number of ether oxygens (including phenoxy) is 3. The van der Waals surface area contributed by atoms with Crippen LogP contribution in [0.1, 0.15) is 37.2 Å². The molecule has 2 aliphatic rings. The third kappa shape index (κ3) is 4.43. The van der Waals surface area contributed by atoms with Crippen LogP contribution in [0.5, 0.6) is 11.5 Å². The summed E-state index contributed by atoms with van der Waals surface area (Å²) in [7, 11) is 3.32. The first-order valence-electron chi connectivity index (χ1n) is 10.8. The van der Waals surface area contributed by atoms with Crippen molar-refractivity contribution in [3.05, 3.63) is 29.6 Å². The second-order valence-electron chi connectivity index (χ2n) is 7.84. The second kappa shape index (κ2) is 9.72. The van der Waals surface area contributed by atoms with Crippen LogP contribution in [0.15, 0.2) is 18.2 Å². The van der Waals surface area contributed by atoms with E-state index in [1.54, 1.807) is 14.2 Å². The van der Waals surface area contributed by atoms with Crippen molar-refractivity contribution >= 4 is 0 Å². The van der Waals surface area contributed by atoms with Crippen LogP contribution in [0.25, 0.3) is 0 Å². The van der Waals surface area contributed by atoms with Gasteiger partial charge in [-0.25, -0.2) is 4.68 Å². The molecule has 9 heteroatoms. The van der Waals surface area contributed by atoms with Crippen molar-refractivity contribution in [1.82, 2.24) is 30.0 Å². The largest absolute Gasteiger partial charge is 0.493 e. The maximum absolute atomic E-state index is 5.83. The maximum atomic E-state index is 5.83. The summed E-state index contributed by atoms with van der Waals surface area (Å²) in [4.78, 5) is 4.93. The van der Waals surface area contributed by atoms with Gasteiger partial charge in [-0.1, -0.05) is 13.0 Å². The fourth-order valence-electron chi connectivity index (χ4n) is 4.40. The Kier molecular flexibility index (Phi) is 6.81. The summed E-state index contributed by atoms with van der Waals surface area (Å²) in [6.45, 7) is 8.77. The molecule has 0 unspecified atom stereocenters. The van der Waals surface area contributed by atoms with Gasteiger partial charge in [-0.3, -0.25) is 4.90 Å². The number of likely N-dealkylation sites (N-methyl/N-ethyl adjacent to an activating group) is 1. The smallest absolute Gasteiger partial charge is 0.173 e. The molecule has 2 fully saturated rings. The van der Waals surface area contributed by atoms with Gasteiger partial charge in [-0.05, 0) is 47.5 Å². The van der Waals surface area contributed by atoms with E-state index in [0.29, 0.717) is 12.3 Å². The van der Waals surface area contributed by atoms with Gasteiger partial charge in [-0.2, -0.15) is 0 Å². The second-order valence-corrected chi connectivity index (χ2v) is 7.84. The van der Waals surface area contributed by atoms with Crippen LogP contribution in [-0.2, 0) is 11.3 Å². The number of hydrogen-bond acceptors (Lipinski definition) is 8. The molecule has 0 bridgehead atoms.